The zero-order valence-corrected chi connectivity index (χ0v) is 8.16. The molecule has 1 aromatic carbocycles. The maximum absolute atomic E-state index is 9.63. The molecular formula is C10H12N2O2. The van der Waals surface area contributed by atoms with E-state index in [9.17, 15) is 5.11 Å². The summed E-state index contributed by atoms with van der Waals surface area (Å²) in [6, 6.07) is 1.62. The van der Waals surface area contributed by atoms with Crippen LogP contribution in [0.25, 0.3) is 0 Å². The summed E-state index contributed by atoms with van der Waals surface area (Å²) in [5, 5.41) is 12.7. The molecule has 4 nitrogen and oxygen atoms in total. The lowest BCUT2D eigenvalue weighted by atomic mass is 10.0. The van der Waals surface area contributed by atoms with Crippen LogP contribution < -0.4 is 10.1 Å². The van der Waals surface area contributed by atoms with Gasteiger partial charge in [0, 0.05) is 23.7 Å². The van der Waals surface area contributed by atoms with Gasteiger partial charge in [0.1, 0.15) is 0 Å². The molecule has 0 fully saturated rings. The summed E-state index contributed by atoms with van der Waals surface area (Å²) in [5.41, 5.74) is 2.81. The number of hydrogen-bond acceptors (Lipinski definition) is 4. The second-order valence-electron chi connectivity index (χ2n) is 3.19. The maximum atomic E-state index is 9.63. The number of ether oxygens (including phenoxy) is 1. The van der Waals surface area contributed by atoms with E-state index in [0.29, 0.717) is 5.75 Å². The van der Waals surface area contributed by atoms with Gasteiger partial charge in [-0.3, -0.25) is 0 Å². The van der Waals surface area contributed by atoms with Gasteiger partial charge in [0.2, 0.25) is 0 Å². The van der Waals surface area contributed by atoms with Gasteiger partial charge in [-0.05, 0) is 6.92 Å². The fraction of sp³-hybridized carbons (Fsp3) is 0.300. The van der Waals surface area contributed by atoms with Crippen LogP contribution in [0.3, 0.4) is 0 Å². The number of fused-ring (bicyclic) bond motifs is 1. The predicted molar refractivity (Wildman–Crippen MR) is 54.4 cm³/mol. The van der Waals surface area contributed by atoms with Crippen molar-refractivity contribution in [3.05, 3.63) is 17.2 Å². The van der Waals surface area contributed by atoms with Crippen LogP contribution in [0, 0.1) is 6.92 Å². The SMILES string of the molecule is COc1c(O)cc2c(c1C)CNC=N2. The van der Waals surface area contributed by atoms with Gasteiger partial charge in [-0.1, -0.05) is 0 Å². The first kappa shape index (κ1) is 8.87. The van der Waals surface area contributed by atoms with Gasteiger partial charge in [-0.25, -0.2) is 4.99 Å². The summed E-state index contributed by atoms with van der Waals surface area (Å²) in [4.78, 5) is 4.14. The van der Waals surface area contributed by atoms with Crippen molar-refractivity contribution in [1.82, 2.24) is 5.32 Å². The summed E-state index contributed by atoms with van der Waals surface area (Å²) in [6.07, 6.45) is 1.63. The fourth-order valence-corrected chi connectivity index (χ4v) is 1.66. The first-order valence-corrected chi connectivity index (χ1v) is 4.39. The quantitative estimate of drug-likeness (QED) is 0.708. The van der Waals surface area contributed by atoms with Crippen molar-refractivity contribution in [1.29, 1.82) is 0 Å². The molecule has 0 amide bonds. The van der Waals surface area contributed by atoms with Gasteiger partial charge >= 0.3 is 0 Å². The Hall–Kier alpha value is -1.71. The maximum Gasteiger partial charge on any atom is 0.163 e. The number of phenolic OH excluding ortho intramolecular Hbond substituents is 1. The standard InChI is InChI=1S/C10H12N2O2/c1-6-7-4-11-5-12-8(7)3-9(13)10(6)14-2/h3,5,13H,4H2,1-2H3,(H,11,12). The number of hydrogen-bond donors (Lipinski definition) is 2. The number of benzene rings is 1. The molecule has 1 aliphatic rings. The van der Waals surface area contributed by atoms with Gasteiger partial charge in [-0.15, -0.1) is 0 Å². The lowest BCUT2D eigenvalue weighted by Gasteiger charge is -2.17. The Labute approximate surface area is 82.2 Å². The normalized spacial score (nSPS) is 13.3. The lowest BCUT2D eigenvalue weighted by Crippen LogP contribution is -2.15. The van der Waals surface area contributed by atoms with E-state index in [1.807, 2.05) is 6.92 Å². The van der Waals surface area contributed by atoms with Gasteiger partial charge in [0.15, 0.2) is 11.5 Å². The third kappa shape index (κ3) is 1.19. The molecule has 74 valence electrons. The minimum absolute atomic E-state index is 0.141. The zero-order chi connectivity index (χ0) is 10.1. The second kappa shape index (κ2) is 3.21. The molecule has 0 radical (unpaired) electrons. The molecule has 1 aromatic rings. The van der Waals surface area contributed by atoms with Crippen molar-refractivity contribution in [2.24, 2.45) is 4.99 Å². The Morgan fingerprint density at radius 1 is 1.57 bits per heavy atom. The molecule has 0 aliphatic carbocycles. The summed E-state index contributed by atoms with van der Waals surface area (Å²) < 4.78 is 5.11. The number of aliphatic imine (C=N–C) groups is 1. The summed E-state index contributed by atoms with van der Waals surface area (Å²) >= 11 is 0. The molecule has 0 saturated carbocycles. The summed E-state index contributed by atoms with van der Waals surface area (Å²) in [6.45, 7) is 2.64. The van der Waals surface area contributed by atoms with Crippen LogP contribution in [0.2, 0.25) is 0 Å². The first-order valence-electron chi connectivity index (χ1n) is 4.39. The largest absolute Gasteiger partial charge is 0.504 e. The van der Waals surface area contributed by atoms with Gasteiger partial charge in [0.25, 0.3) is 0 Å². The second-order valence-corrected chi connectivity index (χ2v) is 3.19. The van der Waals surface area contributed by atoms with Crippen molar-refractivity contribution in [2.45, 2.75) is 13.5 Å². The molecule has 0 saturated heterocycles. The van der Waals surface area contributed by atoms with Crippen LogP contribution in [0.5, 0.6) is 11.5 Å². The Balaban J connectivity index is 2.65. The molecule has 4 heteroatoms. The Bertz CT molecular complexity index is 400. The highest BCUT2D eigenvalue weighted by molar-refractivity contribution is 5.71. The molecular weight excluding hydrogens is 180 g/mol. The molecule has 0 atom stereocenters. The minimum Gasteiger partial charge on any atom is -0.504 e. The van der Waals surface area contributed by atoms with E-state index in [-0.39, 0.29) is 5.75 Å². The minimum atomic E-state index is 0.141. The average molecular weight is 192 g/mol. The Kier molecular flexibility index (Phi) is 2.04. The molecule has 0 aromatic heterocycles. The fourth-order valence-electron chi connectivity index (χ4n) is 1.66. The highest BCUT2D eigenvalue weighted by Gasteiger charge is 2.16. The molecule has 1 heterocycles. The number of aromatic hydroxyl groups is 1. The summed E-state index contributed by atoms with van der Waals surface area (Å²) in [5.74, 6) is 0.672. The van der Waals surface area contributed by atoms with E-state index in [1.165, 1.54) is 0 Å². The predicted octanol–water partition coefficient (Wildman–Crippen LogP) is 1.47. The molecule has 0 unspecified atom stereocenters. The Morgan fingerprint density at radius 3 is 3.07 bits per heavy atom. The van der Waals surface area contributed by atoms with Gasteiger partial charge in [-0.2, -0.15) is 0 Å². The Morgan fingerprint density at radius 2 is 2.36 bits per heavy atom. The van der Waals surface area contributed by atoms with Crippen molar-refractivity contribution in [2.75, 3.05) is 7.11 Å². The van der Waals surface area contributed by atoms with E-state index in [2.05, 4.69) is 10.3 Å². The highest BCUT2D eigenvalue weighted by atomic mass is 16.5. The zero-order valence-electron chi connectivity index (χ0n) is 8.16. The molecule has 2 rings (SSSR count). The van der Waals surface area contributed by atoms with Crippen LogP contribution in [0.15, 0.2) is 11.1 Å². The van der Waals surface area contributed by atoms with Crippen LogP contribution in [-0.2, 0) is 6.54 Å². The van der Waals surface area contributed by atoms with Gasteiger partial charge in [0.05, 0.1) is 19.1 Å². The molecule has 14 heavy (non-hydrogen) atoms. The third-order valence-corrected chi connectivity index (χ3v) is 2.39. The van der Waals surface area contributed by atoms with Crippen molar-refractivity contribution in [3.8, 4) is 11.5 Å². The average Bonchev–Trinajstić information content (AvgIpc) is 2.18. The smallest absolute Gasteiger partial charge is 0.163 e. The highest BCUT2D eigenvalue weighted by Crippen LogP contribution is 2.38. The molecule has 1 aliphatic heterocycles. The van der Waals surface area contributed by atoms with Crippen LogP contribution >= 0.6 is 0 Å². The number of rotatable bonds is 1. The van der Waals surface area contributed by atoms with E-state index < -0.39 is 0 Å². The number of nitrogens with zero attached hydrogens (tertiary/aromatic N) is 1. The van der Waals surface area contributed by atoms with E-state index >= 15 is 0 Å². The molecule has 0 bridgehead atoms. The molecule has 0 spiro atoms. The first-order chi connectivity index (χ1) is 6.74. The van der Waals surface area contributed by atoms with Crippen molar-refractivity contribution < 1.29 is 9.84 Å². The third-order valence-electron chi connectivity index (χ3n) is 2.39. The summed E-state index contributed by atoms with van der Waals surface area (Å²) in [7, 11) is 1.55. The number of methoxy groups -OCH3 is 1. The molecule has 2 N–H and O–H groups in total. The lowest BCUT2D eigenvalue weighted by molar-refractivity contribution is 0.370. The van der Waals surface area contributed by atoms with E-state index in [0.717, 1.165) is 23.4 Å². The van der Waals surface area contributed by atoms with Crippen LogP contribution in [-0.4, -0.2) is 18.6 Å². The van der Waals surface area contributed by atoms with Crippen molar-refractivity contribution in [3.63, 3.8) is 0 Å². The van der Waals surface area contributed by atoms with Gasteiger partial charge < -0.3 is 15.2 Å². The topological polar surface area (TPSA) is 53.9 Å². The number of nitrogens with one attached hydrogen (secondary N) is 1. The van der Waals surface area contributed by atoms with E-state index in [4.69, 9.17) is 4.74 Å². The van der Waals surface area contributed by atoms with Crippen LogP contribution in [0.4, 0.5) is 5.69 Å². The number of phenols is 1. The van der Waals surface area contributed by atoms with Crippen LogP contribution in [0.1, 0.15) is 11.1 Å². The van der Waals surface area contributed by atoms with E-state index in [1.54, 1.807) is 19.5 Å². The monoisotopic (exact) mass is 192 g/mol. The van der Waals surface area contributed by atoms with Crippen molar-refractivity contribution >= 4 is 12.0 Å².